The smallest absolute Gasteiger partial charge is 0.251 e. The zero-order valence-electron chi connectivity index (χ0n) is 20.8. The minimum Gasteiger partial charge on any atom is -0.377 e. The lowest BCUT2D eigenvalue weighted by Gasteiger charge is -2.42. The molecule has 2 heterocycles. The van der Waals surface area contributed by atoms with Crippen LogP contribution in [0.25, 0.3) is 0 Å². The standard InChI is InChI=1S/C31H32FN3O2/c32-22-15-16-23-27(19-22)33-28(20-9-3-1-4-10-20)25-17-18-35(29(23)25)31(37)24-13-7-8-14-26(24)34-30(36)21-11-5-2-6-12-21/h1-6,9-12,15-16,19,24-26,28-29,33H,7-8,13-14,17-18H2,(H,34,36)/t24-,25?,26+,28?,29?/m0/s1. The quantitative estimate of drug-likeness (QED) is 0.474. The SMILES string of the molecule is O=C(N[C@@H]1CCCC[C@@H]1C(=O)N1CCC2C(c3ccccc3)Nc3cc(F)ccc3C21)c1ccccc1. The number of rotatable bonds is 4. The molecule has 3 aromatic rings. The van der Waals surface area contributed by atoms with Gasteiger partial charge in [-0.05, 0) is 54.7 Å². The predicted octanol–water partition coefficient (Wildman–Crippen LogP) is 5.87. The van der Waals surface area contributed by atoms with Gasteiger partial charge in [0.15, 0.2) is 0 Å². The van der Waals surface area contributed by atoms with E-state index in [9.17, 15) is 14.0 Å². The first kappa shape index (κ1) is 23.7. The lowest BCUT2D eigenvalue weighted by Crippen LogP contribution is -2.50. The van der Waals surface area contributed by atoms with Crippen LogP contribution in [0.2, 0.25) is 0 Å². The maximum atomic E-state index is 14.3. The molecule has 37 heavy (non-hydrogen) atoms. The Balaban J connectivity index is 1.29. The Bertz CT molecular complexity index is 1280. The molecule has 0 spiro atoms. The third-order valence-electron chi connectivity index (χ3n) is 8.40. The van der Waals surface area contributed by atoms with Gasteiger partial charge < -0.3 is 15.5 Å². The number of benzene rings is 3. The first-order chi connectivity index (χ1) is 18.1. The number of anilines is 1. The molecule has 5 nitrogen and oxygen atoms in total. The van der Waals surface area contributed by atoms with E-state index in [1.54, 1.807) is 18.2 Å². The maximum Gasteiger partial charge on any atom is 0.251 e. The van der Waals surface area contributed by atoms with Gasteiger partial charge in [-0.2, -0.15) is 0 Å². The number of carbonyl (C=O) groups is 2. The highest BCUT2D eigenvalue weighted by Crippen LogP contribution is 2.52. The van der Waals surface area contributed by atoms with Crippen LogP contribution in [-0.4, -0.2) is 29.3 Å². The zero-order chi connectivity index (χ0) is 25.4. The van der Waals surface area contributed by atoms with Crippen molar-refractivity contribution in [2.75, 3.05) is 11.9 Å². The number of hydrogen-bond donors (Lipinski definition) is 2. The monoisotopic (exact) mass is 497 g/mol. The van der Waals surface area contributed by atoms with E-state index in [0.29, 0.717) is 12.1 Å². The number of amides is 2. The normalized spacial score (nSPS) is 26.5. The second kappa shape index (κ2) is 10.0. The van der Waals surface area contributed by atoms with Crippen LogP contribution in [0.5, 0.6) is 0 Å². The fraction of sp³-hybridized carbons (Fsp3) is 0.355. The molecule has 2 fully saturated rings. The van der Waals surface area contributed by atoms with Gasteiger partial charge in [0, 0.05) is 29.8 Å². The minimum absolute atomic E-state index is 0.00163. The van der Waals surface area contributed by atoms with Crippen molar-refractivity contribution in [3.63, 3.8) is 0 Å². The number of hydrogen-bond acceptors (Lipinski definition) is 3. The summed E-state index contributed by atoms with van der Waals surface area (Å²) >= 11 is 0. The summed E-state index contributed by atoms with van der Waals surface area (Å²) in [5.41, 5.74) is 3.49. The molecule has 3 aliphatic rings. The molecule has 3 unspecified atom stereocenters. The van der Waals surface area contributed by atoms with E-state index in [1.165, 1.54) is 6.07 Å². The molecule has 190 valence electrons. The second-order valence-corrected chi connectivity index (χ2v) is 10.5. The van der Waals surface area contributed by atoms with Crippen LogP contribution in [0.1, 0.15) is 65.7 Å². The number of nitrogens with one attached hydrogen (secondary N) is 2. The first-order valence-electron chi connectivity index (χ1n) is 13.4. The van der Waals surface area contributed by atoms with Crippen LogP contribution in [0.3, 0.4) is 0 Å². The Labute approximate surface area is 217 Å². The third kappa shape index (κ3) is 4.50. The van der Waals surface area contributed by atoms with Crippen LogP contribution >= 0.6 is 0 Å². The Morgan fingerprint density at radius 1 is 0.892 bits per heavy atom. The van der Waals surface area contributed by atoms with E-state index in [1.807, 2.05) is 47.4 Å². The van der Waals surface area contributed by atoms with Crippen LogP contribution < -0.4 is 10.6 Å². The van der Waals surface area contributed by atoms with Crippen LogP contribution in [0.4, 0.5) is 10.1 Å². The van der Waals surface area contributed by atoms with E-state index in [-0.39, 0.29) is 47.6 Å². The molecule has 0 aromatic heterocycles. The average molecular weight is 498 g/mol. The summed E-state index contributed by atoms with van der Waals surface area (Å²) in [4.78, 5) is 29.2. The van der Waals surface area contributed by atoms with E-state index >= 15 is 0 Å². The number of likely N-dealkylation sites (tertiary alicyclic amines) is 1. The van der Waals surface area contributed by atoms with Gasteiger partial charge in [0.2, 0.25) is 5.91 Å². The Kier molecular flexibility index (Phi) is 6.41. The summed E-state index contributed by atoms with van der Waals surface area (Å²) in [5.74, 6) is -0.381. The summed E-state index contributed by atoms with van der Waals surface area (Å²) in [7, 11) is 0. The molecule has 6 heteroatoms. The maximum absolute atomic E-state index is 14.3. The van der Waals surface area contributed by atoms with Gasteiger partial charge in [0.05, 0.1) is 18.0 Å². The van der Waals surface area contributed by atoms with Crippen LogP contribution in [0, 0.1) is 17.7 Å². The summed E-state index contributed by atoms with van der Waals surface area (Å²) in [6.07, 6.45) is 4.41. The Morgan fingerprint density at radius 3 is 2.41 bits per heavy atom. The highest BCUT2D eigenvalue weighted by atomic mass is 19.1. The molecule has 1 saturated heterocycles. The van der Waals surface area contributed by atoms with Crippen molar-refractivity contribution in [2.45, 2.75) is 50.2 Å². The minimum atomic E-state index is -0.289. The van der Waals surface area contributed by atoms with Crippen molar-refractivity contribution in [2.24, 2.45) is 11.8 Å². The number of carbonyl (C=O) groups excluding carboxylic acids is 2. The van der Waals surface area contributed by atoms with E-state index < -0.39 is 0 Å². The molecule has 5 atom stereocenters. The zero-order valence-corrected chi connectivity index (χ0v) is 20.8. The van der Waals surface area contributed by atoms with Gasteiger partial charge in [-0.15, -0.1) is 0 Å². The van der Waals surface area contributed by atoms with Crippen molar-refractivity contribution in [1.82, 2.24) is 10.2 Å². The van der Waals surface area contributed by atoms with Crippen molar-refractivity contribution < 1.29 is 14.0 Å². The molecule has 6 rings (SSSR count). The van der Waals surface area contributed by atoms with Crippen molar-refractivity contribution >= 4 is 17.5 Å². The molecule has 2 N–H and O–H groups in total. The molecule has 0 bridgehead atoms. The Hall–Kier alpha value is -3.67. The van der Waals surface area contributed by atoms with Crippen molar-refractivity contribution in [3.05, 3.63) is 101 Å². The fourth-order valence-corrected chi connectivity index (χ4v) is 6.64. The van der Waals surface area contributed by atoms with Crippen LogP contribution in [-0.2, 0) is 4.79 Å². The van der Waals surface area contributed by atoms with Crippen molar-refractivity contribution in [1.29, 1.82) is 0 Å². The van der Waals surface area contributed by atoms with Gasteiger partial charge in [-0.25, -0.2) is 4.39 Å². The topological polar surface area (TPSA) is 61.4 Å². The van der Waals surface area contributed by atoms with E-state index in [0.717, 1.165) is 48.9 Å². The highest BCUT2D eigenvalue weighted by Gasteiger charge is 2.48. The number of nitrogens with zero attached hydrogens (tertiary/aromatic N) is 1. The lowest BCUT2D eigenvalue weighted by molar-refractivity contribution is -0.138. The molecule has 0 radical (unpaired) electrons. The molecular weight excluding hydrogens is 465 g/mol. The average Bonchev–Trinajstić information content (AvgIpc) is 3.39. The summed E-state index contributed by atoms with van der Waals surface area (Å²) < 4.78 is 14.3. The largest absolute Gasteiger partial charge is 0.377 e. The summed E-state index contributed by atoms with van der Waals surface area (Å²) in [6, 6.07) is 24.0. The second-order valence-electron chi connectivity index (χ2n) is 10.5. The predicted molar refractivity (Wildman–Crippen MR) is 141 cm³/mol. The van der Waals surface area contributed by atoms with Gasteiger partial charge in [-0.1, -0.05) is 67.4 Å². The van der Waals surface area contributed by atoms with Gasteiger partial charge >= 0.3 is 0 Å². The molecular formula is C31H32FN3O2. The number of halogens is 1. The van der Waals surface area contributed by atoms with Gasteiger partial charge in [0.25, 0.3) is 5.91 Å². The van der Waals surface area contributed by atoms with E-state index in [2.05, 4.69) is 22.8 Å². The Morgan fingerprint density at radius 2 is 1.62 bits per heavy atom. The van der Waals surface area contributed by atoms with Gasteiger partial charge in [0.1, 0.15) is 5.82 Å². The molecule has 1 aliphatic carbocycles. The van der Waals surface area contributed by atoms with Crippen molar-refractivity contribution in [3.8, 4) is 0 Å². The molecule has 2 amide bonds. The molecule has 3 aromatic carbocycles. The van der Waals surface area contributed by atoms with E-state index in [4.69, 9.17) is 0 Å². The third-order valence-corrected chi connectivity index (χ3v) is 8.40. The summed E-state index contributed by atoms with van der Waals surface area (Å²) in [6.45, 7) is 0.659. The first-order valence-corrected chi connectivity index (χ1v) is 13.4. The van der Waals surface area contributed by atoms with Crippen LogP contribution in [0.15, 0.2) is 78.9 Å². The molecule has 2 aliphatic heterocycles. The summed E-state index contributed by atoms with van der Waals surface area (Å²) in [5, 5.41) is 6.76. The lowest BCUT2D eigenvalue weighted by atomic mass is 9.79. The number of fused-ring (bicyclic) bond motifs is 3. The fourth-order valence-electron chi connectivity index (χ4n) is 6.64. The molecule has 1 saturated carbocycles. The van der Waals surface area contributed by atoms with Gasteiger partial charge in [-0.3, -0.25) is 9.59 Å². The highest BCUT2D eigenvalue weighted by molar-refractivity contribution is 5.95.